The Balaban J connectivity index is 2.31. The van der Waals surface area contributed by atoms with Gasteiger partial charge in [0.2, 0.25) is 5.91 Å². The monoisotopic (exact) mass is 378 g/mol. The minimum atomic E-state index is -1.38. The van der Waals surface area contributed by atoms with E-state index in [4.69, 9.17) is 9.84 Å². The van der Waals surface area contributed by atoms with Crippen molar-refractivity contribution in [1.82, 2.24) is 0 Å². The Morgan fingerprint density at radius 3 is 2.15 bits per heavy atom. The van der Waals surface area contributed by atoms with E-state index in [-0.39, 0.29) is 17.7 Å². The number of carboxylic acids is 2. The zero-order valence-corrected chi connectivity index (χ0v) is 14.5. The number of aromatic carboxylic acids is 1. The van der Waals surface area contributed by atoms with Crippen molar-refractivity contribution in [2.75, 3.05) is 17.7 Å². The molecular weight excluding hydrogens is 360 g/mol. The number of carbonyl (C=O) groups is 5. The Kier molecular flexibility index (Phi) is 5.78. The van der Waals surface area contributed by atoms with Gasteiger partial charge in [-0.1, -0.05) is 0 Å². The van der Waals surface area contributed by atoms with Crippen LogP contribution in [0.3, 0.4) is 0 Å². The van der Waals surface area contributed by atoms with Gasteiger partial charge in [-0.2, -0.15) is 0 Å². The molecule has 0 saturated heterocycles. The number of Topliss-reactive ketones (excluding diaryl/α,β-unsaturated/α-hetero) is 1. The zero-order valence-electron chi connectivity index (χ0n) is 14.5. The smallest absolute Gasteiger partial charge is 0.335 e. The molecule has 0 heterocycles. The number of amides is 1. The lowest BCUT2D eigenvalue weighted by atomic mass is 9.60. The fourth-order valence-electron chi connectivity index (χ4n) is 3.24. The molecule has 0 spiro atoms. The summed E-state index contributed by atoms with van der Waals surface area (Å²) in [7, 11) is 1.56. The standard InChI is InChI=1S/C17H18N2O8/c1-7(21)11-12(13(17(25)26)14(11)27-6-20)15(22)19-10-4-8(16(23)24)3-9(5-10)18-2/h3-6,11-14,18H,1-2H3,(H,19,22)(H,23,24)(H,25,26). The Hall–Kier alpha value is -3.43. The molecule has 1 fully saturated rings. The fraction of sp³-hybridized carbons (Fsp3) is 0.353. The first-order valence-electron chi connectivity index (χ1n) is 7.90. The van der Waals surface area contributed by atoms with Gasteiger partial charge in [-0.05, 0) is 25.1 Å². The Morgan fingerprint density at radius 2 is 1.67 bits per heavy atom. The van der Waals surface area contributed by atoms with Gasteiger partial charge in [0.05, 0.1) is 17.4 Å². The van der Waals surface area contributed by atoms with Crippen molar-refractivity contribution in [1.29, 1.82) is 0 Å². The minimum absolute atomic E-state index is 0.0419. The van der Waals surface area contributed by atoms with Crippen molar-refractivity contribution in [2.45, 2.75) is 13.0 Å². The molecule has 10 heteroatoms. The number of carboxylic acid groups (broad SMARTS) is 2. The van der Waals surface area contributed by atoms with Gasteiger partial charge in [0.25, 0.3) is 6.47 Å². The molecule has 0 radical (unpaired) electrons. The number of anilines is 2. The van der Waals surface area contributed by atoms with E-state index in [1.165, 1.54) is 25.1 Å². The highest BCUT2D eigenvalue weighted by Gasteiger charge is 2.61. The molecule has 1 amide bonds. The van der Waals surface area contributed by atoms with Crippen molar-refractivity contribution >= 4 is 41.5 Å². The largest absolute Gasteiger partial charge is 0.481 e. The molecule has 1 saturated carbocycles. The quantitative estimate of drug-likeness (QED) is 0.471. The summed E-state index contributed by atoms with van der Waals surface area (Å²) in [5.74, 6) is -7.59. The molecule has 1 aromatic rings. The maximum Gasteiger partial charge on any atom is 0.335 e. The van der Waals surface area contributed by atoms with Crippen LogP contribution >= 0.6 is 0 Å². The van der Waals surface area contributed by atoms with Gasteiger partial charge in [-0.15, -0.1) is 0 Å². The maximum atomic E-state index is 12.6. The van der Waals surface area contributed by atoms with E-state index < -0.39 is 47.5 Å². The average Bonchev–Trinajstić information content (AvgIpc) is 2.56. The molecule has 1 aliphatic carbocycles. The molecule has 4 N–H and O–H groups in total. The van der Waals surface area contributed by atoms with Crippen molar-refractivity contribution < 1.29 is 38.9 Å². The van der Waals surface area contributed by atoms with Gasteiger partial charge in [0.1, 0.15) is 17.8 Å². The van der Waals surface area contributed by atoms with E-state index in [0.29, 0.717) is 5.69 Å². The summed E-state index contributed by atoms with van der Waals surface area (Å²) in [6.45, 7) is 1.22. The number of rotatable bonds is 8. The van der Waals surface area contributed by atoms with E-state index in [1.807, 2.05) is 0 Å². The molecule has 2 rings (SSSR count). The minimum Gasteiger partial charge on any atom is -0.481 e. The lowest BCUT2D eigenvalue weighted by Gasteiger charge is -2.45. The van der Waals surface area contributed by atoms with Gasteiger partial charge in [0.15, 0.2) is 0 Å². The molecule has 144 valence electrons. The summed E-state index contributed by atoms with van der Waals surface area (Å²) < 4.78 is 4.69. The Bertz CT molecular complexity index is 784. The van der Waals surface area contributed by atoms with Gasteiger partial charge in [-0.25, -0.2) is 4.79 Å². The van der Waals surface area contributed by atoms with Crippen LogP contribution in [0.4, 0.5) is 11.4 Å². The van der Waals surface area contributed by atoms with E-state index in [0.717, 1.165) is 0 Å². The second kappa shape index (κ2) is 7.85. The SMILES string of the molecule is CNc1cc(NC(=O)C2C(C(C)=O)C(OC=O)C2C(=O)O)cc(C(=O)O)c1. The highest BCUT2D eigenvalue weighted by atomic mass is 16.5. The van der Waals surface area contributed by atoms with E-state index >= 15 is 0 Å². The van der Waals surface area contributed by atoms with Crippen LogP contribution in [0, 0.1) is 17.8 Å². The Labute approximate surface area is 153 Å². The molecule has 0 aliphatic heterocycles. The molecule has 4 unspecified atom stereocenters. The third-order valence-electron chi connectivity index (χ3n) is 4.49. The molecule has 27 heavy (non-hydrogen) atoms. The second-order valence-corrected chi connectivity index (χ2v) is 6.07. The summed E-state index contributed by atoms with van der Waals surface area (Å²) in [6, 6.07) is 4.02. The zero-order chi connectivity index (χ0) is 20.3. The van der Waals surface area contributed by atoms with Crippen LogP contribution in [-0.2, 0) is 23.9 Å². The topological polar surface area (TPSA) is 159 Å². The normalized spacial score (nSPS) is 23.5. The number of nitrogens with one attached hydrogen (secondary N) is 2. The van der Waals surface area contributed by atoms with Crippen LogP contribution in [-0.4, -0.2) is 53.5 Å². The number of aliphatic carboxylic acids is 1. The second-order valence-electron chi connectivity index (χ2n) is 6.07. The van der Waals surface area contributed by atoms with E-state index in [1.54, 1.807) is 7.05 Å². The third-order valence-corrected chi connectivity index (χ3v) is 4.49. The summed E-state index contributed by atoms with van der Waals surface area (Å²) in [4.78, 5) is 57.7. The van der Waals surface area contributed by atoms with Gasteiger partial charge < -0.3 is 25.6 Å². The summed E-state index contributed by atoms with van der Waals surface area (Å²) in [5.41, 5.74) is 0.445. The molecule has 10 nitrogen and oxygen atoms in total. The maximum absolute atomic E-state index is 12.6. The predicted molar refractivity (Wildman–Crippen MR) is 91.3 cm³/mol. The number of ether oxygens (including phenoxy) is 1. The highest BCUT2D eigenvalue weighted by molar-refractivity contribution is 6.02. The molecule has 0 aromatic heterocycles. The number of hydrogen-bond acceptors (Lipinski definition) is 7. The lowest BCUT2D eigenvalue weighted by molar-refractivity contribution is -0.185. The fourth-order valence-corrected chi connectivity index (χ4v) is 3.24. The summed E-state index contributed by atoms with van der Waals surface area (Å²) in [6.07, 6.45) is -1.23. The molecule has 4 atom stereocenters. The van der Waals surface area contributed by atoms with Crippen LogP contribution in [0.15, 0.2) is 18.2 Å². The van der Waals surface area contributed by atoms with E-state index in [9.17, 15) is 29.1 Å². The van der Waals surface area contributed by atoms with E-state index in [2.05, 4.69) is 10.6 Å². The predicted octanol–water partition coefficient (Wildman–Crippen LogP) is 0.442. The number of benzene rings is 1. The third kappa shape index (κ3) is 3.89. The molecule has 0 bridgehead atoms. The van der Waals surface area contributed by atoms with Crippen LogP contribution in [0.5, 0.6) is 0 Å². The first-order valence-corrected chi connectivity index (χ1v) is 7.90. The number of carbonyl (C=O) groups excluding carboxylic acids is 3. The first-order chi connectivity index (χ1) is 12.7. The number of ketones is 1. The van der Waals surface area contributed by atoms with Crippen LogP contribution in [0.1, 0.15) is 17.3 Å². The van der Waals surface area contributed by atoms with Crippen molar-refractivity contribution in [3.8, 4) is 0 Å². The summed E-state index contributed by atoms with van der Waals surface area (Å²) in [5, 5.41) is 23.7. The Morgan fingerprint density at radius 1 is 1.04 bits per heavy atom. The summed E-state index contributed by atoms with van der Waals surface area (Å²) >= 11 is 0. The average molecular weight is 378 g/mol. The van der Waals surface area contributed by atoms with Crippen LogP contribution in [0.2, 0.25) is 0 Å². The van der Waals surface area contributed by atoms with Crippen LogP contribution < -0.4 is 10.6 Å². The van der Waals surface area contributed by atoms with Crippen LogP contribution in [0.25, 0.3) is 0 Å². The van der Waals surface area contributed by atoms with Gasteiger partial charge in [-0.3, -0.25) is 19.2 Å². The molecular formula is C17H18N2O8. The van der Waals surface area contributed by atoms with Crippen molar-refractivity contribution in [2.24, 2.45) is 17.8 Å². The lowest BCUT2D eigenvalue weighted by Crippen LogP contribution is -2.62. The molecule has 1 aliphatic rings. The van der Waals surface area contributed by atoms with Crippen molar-refractivity contribution in [3.05, 3.63) is 23.8 Å². The number of hydrogen-bond donors (Lipinski definition) is 4. The van der Waals surface area contributed by atoms with Gasteiger partial charge in [0, 0.05) is 18.4 Å². The first kappa shape index (κ1) is 19.9. The highest BCUT2D eigenvalue weighted by Crippen LogP contribution is 2.44. The molecule has 1 aromatic carbocycles. The van der Waals surface area contributed by atoms with Crippen molar-refractivity contribution in [3.63, 3.8) is 0 Å². The van der Waals surface area contributed by atoms with Gasteiger partial charge >= 0.3 is 11.9 Å².